The van der Waals surface area contributed by atoms with E-state index in [2.05, 4.69) is 30.3 Å². The first kappa shape index (κ1) is 18.7. The Balaban J connectivity index is 1.35. The van der Waals surface area contributed by atoms with Crippen LogP contribution in [0.1, 0.15) is 5.56 Å². The number of aliphatic hydroxyl groups is 1. The third kappa shape index (κ3) is 5.73. The standard InChI is InChI=1S/C21H28N2O3/c1-25-20-7-9-21(10-8-20)26-17-19(24)16-23-13-11-22(12-14-23)15-18-5-3-2-4-6-18/h2-10,19,24H,11-17H2,1H3/p+2/t19-/m1/s1. The van der Waals surface area contributed by atoms with E-state index in [1.807, 2.05) is 24.3 Å². The van der Waals surface area contributed by atoms with E-state index in [0.29, 0.717) is 6.61 Å². The Bertz CT molecular complexity index is 640. The highest BCUT2D eigenvalue weighted by molar-refractivity contribution is 5.31. The SMILES string of the molecule is COc1ccc(OC[C@H](O)C[NH+]2CC[NH+](Cc3ccccc3)CC2)cc1. The average molecular weight is 358 g/mol. The first-order chi connectivity index (χ1) is 12.7. The molecule has 1 aliphatic rings. The summed E-state index contributed by atoms with van der Waals surface area (Å²) in [7, 11) is 1.64. The molecule has 140 valence electrons. The molecule has 3 rings (SSSR count). The van der Waals surface area contributed by atoms with Crippen molar-refractivity contribution >= 4 is 0 Å². The van der Waals surface area contributed by atoms with Gasteiger partial charge in [0.05, 0.1) is 7.11 Å². The van der Waals surface area contributed by atoms with Gasteiger partial charge in [-0.2, -0.15) is 0 Å². The first-order valence-corrected chi connectivity index (χ1v) is 9.39. The van der Waals surface area contributed by atoms with Gasteiger partial charge in [-0.3, -0.25) is 0 Å². The lowest BCUT2D eigenvalue weighted by molar-refractivity contribution is -1.02. The van der Waals surface area contributed by atoms with E-state index in [0.717, 1.165) is 50.8 Å². The van der Waals surface area contributed by atoms with Crippen LogP contribution in [0, 0.1) is 0 Å². The molecule has 1 heterocycles. The van der Waals surface area contributed by atoms with Crippen LogP contribution in [0.15, 0.2) is 54.6 Å². The number of nitrogens with one attached hydrogen (secondary N) is 2. The van der Waals surface area contributed by atoms with Crippen molar-refractivity contribution in [2.24, 2.45) is 0 Å². The topological polar surface area (TPSA) is 47.6 Å². The summed E-state index contributed by atoms with van der Waals surface area (Å²) in [6, 6.07) is 18.1. The van der Waals surface area contributed by atoms with E-state index in [-0.39, 0.29) is 0 Å². The molecule has 3 N–H and O–H groups in total. The van der Waals surface area contributed by atoms with Gasteiger partial charge in [0.15, 0.2) is 0 Å². The Morgan fingerprint density at radius 2 is 1.50 bits per heavy atom. The molecule has 0 bridgehead atoms. The molecule has 2 aromatic rings. The second-order valence-electron chi connectivity index (χ2n) is 7.01. The highest BCUT2D eigenvalue weighted by Crippen LogP contribution is 2.16. The van der Waals surface area contributed by atoms with E-state index >= 15 is 0 Å². The van der Waals surface area contributed by atoms with Crippen molar-refractivity contribution in [3.63, 3.8) is 0 Å². The van der Waals surface area contributed by atoms with Crippen LogP contribution in [-0.2, 0) is 6.54 Å². The smallest absolute Gasteiger partial charge is 0.137 e. The molecular formula is C21H30N2O3+2. The van der Waals surface area contributed by atoms with Gasteiger partial charge in [-0.05, 0) is 24.3 Å². The maximum absolute atomic E-state index is 10.3. The lowest BCUT2D eigenvalue weighted by atomic mass is 10.2. The zero-order chi connectivity index (χ0) is 18.2. The predicted molar refractivity (Wildman–Crippen MR) is 101 cm³/mol. The van der Waals surface area contributed by atoms with Crippen molar-refractivity contribution in [3.05, 3.63) is 60.2 Å². The third-order valence-corrected chi connectivity index (χ3v) is 4.99. The van der Waals surface area contributed by atoms with Gasteiger partial charge in [-0.1, -0.05) is 30.3 Å². The van der Waals surface area contributed by atoms with Crippen LogP contribution in [0.3, 0.4) is 0 Å². The van der Waals surface area contributed by atoms with Gasteiger partial charge in [0, 0.05) is 5.56 Å². The number of hydrogen-bond acceptors (Lipinski definition) is 3. The van der Waals surface area contributed by atoms with Crippen molar-refractivity contribution in [2.75, 3.05) is 46.4 Å². The Morgan fingerprint density at radius 1 is 0.885 bits per heavy atom. The van der Waals surface area contributed by atoms with E-state index in [4.69, 9.17) is 9.47 Å². The summed E-state index contributed by atoms with van der Waals surface area (Å²) in [5.41, 5.74) is 1.40. The molecule has 1 fully saturated rings. The van der Waals surface area contributed by atoms with Gasteiger partial charge >= 0.3 is 0 Å². The molecule has 1 saturated heterocycles. The van der Waals surface area contributed by atoms with Crippen LogP contribution in [0.2, 0.25) is 0 Å². The molecule has 0 radical (unpaired) electrons. The summed E-state index contributed by atoms with van der Waals surface area (Å²) in [4.78, 5) is 3.09. The highest BCUT2D eigenvalue weighted by Gasteiger charge is 2.25. The second kappa shape index (κ2) is 9.57. The van der Waals surface area contributed by atoms with Gasteiger partial charge in [0.1, 0.15) is 63.5 Å². The minimum Gasteiger partial charge on any atom is -0.497 e. The van der Waals surface area contributed by atoms with Gasteiger partial charge in [-0.25, -0.2) is 0 Å². The van der Waals surface area contributed by atoms with E-state index < -0.39 is 6.10 Å². The van der Waals surface area contributed by atoms with Crippen LogP contribution < -0.4 is 19.3 Å². The largest absolute Gasteiger partial charge is 0.497 e. The molecule has 0 aromatic heterocycles. The summed E-state index contributed by atoms with van der Waals surface area (Å²) in [5.74, 6) is 1.56. The number of ether oxygens (including phenoxy) is 2. The number of hydrogen-bond donors (Lipinski definition) is 3. The van der Waals surface area contributed by atoms with Gasteiger partial charge in [0.25, 0.3) is 0 Å². The number of aliphatic hydroxyl groups excluding tert-OH is 1. The molecular weight excluding hydrogens is 328 g/mol. The summed E-state index contributed by atoms with van der Waals surface area (Å²) >= 11 is 0. The summed E-state index contributed by atoms with van der Waals surface area (Å²) in [6.45, 7) is 6.67. The van der Waals surface area contributed by atoms with Crippen molar-refractivity contribution in [3.8, 4) is 11.5 Å². The predicted octanol–water partition coefficient (Wildman–Crippen LogP) is -0.581. The number of benzene rings is 2. The molecule has 5 nitrogen and oxygen atoms in total. The van der Waals surface area contributed by atoms with E-state index in [9.17, 15) is 5.11 Å². The number of piperazine rings is 1. The number of quaternary nitrogens is 2. The Hall–Kier alpha value is -2.08. The highest BCUT2D eigenvalue weighted by atomic mass is 16.5. The molecule has 1 aliphatic heterocycles. The molecule has 26 heavy (non-hydrogen) atoms. The molecule has 5 heteroatoms. The molecule has 1 atom stereocenters. The first-order valence-electron chi connectivity index (χ1n) is 9.39. The average Bonchev–Trinajstić information content (AvgIpc) is 2.69. The minimum absolute atomic E-state index is 0.330. The van der Waals surface area contributed by atoms with Crippen LogP contribution >= 0.6 is 0 Å². The molecule has 0 spiro atoms. The molecule has 0 unspecified atom stereocenters. The van der Waals surface area contributed by atoms with Crippen LogP contribution in [-0.4, -0.2) is 57.7 Å². The Kier molecular flexibility index (Phi) is 6.89. The van der Waals surface area contributed by atoms with Crippen molar-refractivity contribution < 1.29 is 24.4 Å². The fraction of sp³-hybridized carbons (Fsp3) is 0.429. The zero-order valence-electron chi connectivity index (χ0n) is 15.5. The monoisotopic (exact) mass is 358 g/mol. The number of methoxy groups -OCH3 is 1. The Morgan fingerprint density at radius 3 is 2.15 bits per heavy atom. The molecule has 2 aromatic carbocycles. The van der Waals surface area contributed by atoms with Gasteiger partial charge < -0.3 is 24.4 Å². The fourth-order valence-corrected chi connectivity index (χ4v) is 3.48. The zero-order valence-corrected chi connectivity index (χ0v) is 15.5. The molecule has 0 aliphatic carbocycles. The summed E-state index contributed by atoms with van der Waals surface area (Å²) in [6.07, 6.45) is -0.442. The lowest BCUT2D eigenvalue weighted by Crippen LogP contribution is -3.28. The molecule has 0 amide bonds. The summed E-state index contributed by atoms with van der Waals surface area (Å²) < 4.78 is 10.8. The van der Waals surface area contributed by atoms with E-state index in [1.165, 1.54) is 10.5 Å². The fourth-order valence-electron chi connectivity index (χ4n) is 3.48. The van der Waals surface area contributed by atoms with Crippen molar-refractivity contribution in [2.45, 2.75) is 12.6 Å². The lowest BCUT2D eigenvalue weighted by Gasteiger charge is -2.30. The summed E-state index contributed by atoms with van der Waals surface area (Å²) in [5, 5.41) is 10.3. The maximum Gasteiger partial charge on any atom is 0.137 e. The normalized spacial score (nSPS) is 21.2. The quantitative estimate of drug-likeness (QED) is 0.592. The number of rotatable bonds is 8. The van der Waals surface area contributed by atoms with Crippen LogP contribution in [0.25, 0.3) is 0 Å². The van der Waals surface area contributed by atoms with Crippen LogP contribution in [0.5, 0.6) is 11.5 Å². The minimum atomic E-state index is -0.442. The van der Waals surface area contributed by atoms with Gasteiger partial charge in [0.2, 0.25) is 0 Å². The van der Waals surface area contributed by atoms with Gasteiger partial charge in [-0.15, -0.1) is 0 Å². The second-order valence-corrected chi connectivity index (χ2v) is 7.01. The third-order valence-electron chi connectivity index (χ3n) is 4.99. The maximum atomic E-state index is 10.3. The van der Waals surface area contributed by atoms with Crippen molar-refractivity contribution in [1.82, 2.24) is 0 Å². The van der Waals surface area contributed by atoms with E-state index in [1.54, 1.807) is 12.0 Å². The Labute approximate surface area is 155 Å². The van der Waals surface area contributed by atoms with Crippen LogP contribution in [0.4, 0.5) is 0 Å². The molecule has 0 saturated carbocycles. The van der Waals surface area contributed by atoms with Crippen molar-refractivity contribution in [1.29, 1.82) is 0 Å².